The van der Waals surface area contributed by atoms with Gasteiger partial charge >= 0.3 is 5.97 Å². The fourth-order valence-corrected chi connectivity index (χ4v) is 2.45. The quantitative estimate of drug-likeness (QED) is 0.156. The minimum atomic E-state index is -0.498. The Hall–Kier alpha value is -2.89. The lowest BCUT2D eigenvalue weighted by Crippen LogP contribution is -2.16. The van der Waals surface area contributed by atoms with Crippen molar-refractivity contribution in [2.45, 2.75) is 33.2 Å². The second kappa shape index (κ2) is 14.1. The van der Waals surface area contributed by atoms with Gasteiger partial charge in [-0.15, -0.1) is 0 Å². The molecular weight excluding hydrogens is 380 g/mol. The summed E-state index contributed by atoms with van der Waals surface area (Å²) in [4.78, 5) is 12.2. The first-order valence-corrected chi connectivity index (χ1v) is 10.1. The first kappa shape index (κ1) is 23.4. The fourth-order valence-electron chi connectivity index (χ4n) is 2.45. The number of hydrogen-bond donors (Lipinski definition) is 0. The summed E-state index contributed by atoms with van der Waals surface area (Å²) in [5.41, 5.74) is 2.19. The van der Waals surface area contributed by atoms with E-state index in [9.17, 15) is 4.79 Å². The van der Waals surface area contributed by atoms with Crippen LogP contribution in [0.4, 0.5) is 0 Å². The Balaban J connectivity index is 1.74. The van der Waals surface area contributed by atoms with Crippen molar-refractivity contribution in [3.8, 4) is 0 Å². The molecule has 0 bridgehead atoms. The molecule has 0 fully saturated rings. The summed E-state index contributed by atoms with van der Waals surface area (Å²) in [6.07, 6.45) is 5.05. The largest absolute Gasteiger partial charge is 0.482 e. The van der Waals surface area contributed by atoms with Gasteiger partial charge in [0.25, 0.3) is 0 Å². The zero-order valence-electron chi connectivity index (χ0n) is 17.7. The molecule has 0 aliphatic heterocycles. The third kappa shape index (κ3) is 10.0. The summed E-state index contributed by atoms with van der Waals surface area (Å²) in [7, 11) is 0. The van der Waals surface area contributed by atoms with Gasteiger partial charge in [0.1, 0.15) is 6.61 Å². The lowest BCUT2D eigenvalue weighted by Gasteiger charge is -2.11. The minimum Gasteiger partial charge on any atom is -0.482 e. The zero-order valence-corrected chi connectivity index (χ0v) is 17.7. The molecule has 160 valence electrons. The van der Waals surface area contributed by atoms with E-state index >= 15 is 0 Å². The van der Waals surface area contributed by atoms with Crippen LogP contribution in [-0.2, 0) is 37.0 Å². The molecule has 30 heavy (non-hydrogen) atoms. The van der Waals surface area contributed by atoms with Crippen molar-refractivity contribution in [2.75, 3.05) is 19.8 Å². The van der Waals surface area contributed by atoms with Crippen LogP contribution in [0.2, 0.25) is 0 Å². The predicted octanol–water partition coefficient (Wildman–Crippen LogP) is 4.83. The van der Waals surface area contributed by atoms with E-state index in [1.54, 1.807) is 19.9 Å². The van der Waals surface area contributed by atoms with Gasteiger partial charge < -0.3 is 18.9 Å². The molecule has 2 aromatic rings. The molecule has 0 saturated carbocycles. The lowest BCUT2D eigenvalue weighted by molar-refractivity contribution is -0.146. The number of carbonyl (C=O) groups is 1. The Labute approximate surface area is 178 Å². The van der Waals surface area contributed by atoms with Crippen molar-refractivity contribution in [1.29, 1.82) is 0 Å². The highest BCUT2D eigenvalue weighted by molar-refractivity contribution is 5.86. The van der Waals surface area contributed by atoms with Crippen molar-refractivity contribution in [3.05, 3.63) is 95.8 Å². The zero-order chi connectivity index (χ0) is 21.4. The summed E-state index contributed by atoms with van der Waals surface area (Å²) in [5.74, 6) is -0.353. The molecule has 5 nitrogen and oxygen atoms in total. The molecule has 0 aliphatic carbocycles. The van der Waals surface area contributed by atoms with E-state index in [0.29, 0.717) is 19.8 Å². The molecule has 0 spiro atoms. The van der Waals surface area contributed by atoms with Crippen molar-refractivity contribution in [1.82, 2.24) is 0 Å². The average molecular weight is 411 g/mol. The smallest absolute Gasteiger partial charge is 0.373 e. The highest BCUT2D eigenvalue weighted by Gasteiger charge is 2.13. The van der Waals surface area contributed by atoms with Gasteiger partial charge in [-0.3, -0.25) is 0 Å². The SMILES string of the molecule is CC(C)OC(=O)/C(=C\COCc1ccccc1)OC/C=C\COCc1ccccc1. The number of ether oxygens (including phenoxy) is 4. The van der Waals surface area contributed by atoms with Crippen LogP contribution in [0, 0.1) is 0 Å². The van der Waals surface area contributed by atoms with Crippen LogP contribution in [0.5, 0.6) is 0 Å². The van der Waals surface area contributed by atoms with Crippen molar-refractivity contribution in [3.63, 3.8) is 0 Å². The summed E-state index contributed by atoms with van der Waals surface area (Å²) in [6.45, 7) is 5.57. The van der Waals surface area contributed by atoms with Gasteiger partial charge in [-0.05, 0) is 37.1 Å². The maximum atomic E-state index is 12.2. The molecule has 0 aliphatic rings. The monoisotopic (exact) mass is 410 g/mol. The van der Waals surface area contributed by atoms with Gasteiger partial charge in [-0.25, -0.2) is 4.79 Å². The summed E-state index contributed by atoms with van der Waals surface area (Å²) >= 11 is 0. The molecule has 0 unspecified atom stereocenters. The molecule has 0 atom stereocenters. The lowest BCUT2D eigenvalue weighted by atomic mass is 10.2. The molecule has 0 heterocycles. The van der Waals surface area contributed by atoms with Gasteiger partial charge in [0, 0.05) is 0 Å². The molecule has 0 saturated heterocycles. The van der Waals surface area contributed by atoms with E-state index in [2.05, 4.69) is 0 Å². The number of esters is 1. The molecule has 2 rings (SSSR count). The van der Waals surface area contributed by atoms with E-state index in [1.807, 2.05) is 72.8 Å². The summed E-state index contributed by atoms with van der Waals surface area (Å²) < 4.78 is 22.0. The molecule has 2 aromatic carbocycles. The molecule has 0 radical (unpaired) electrons. The van der Waals surface area contributed by atoms with Crippen LogP contribution in [-0.4, -0.2) is 31.9 Å². The minimum absolute atomic E-state index is 0.145. The Morgan fingerprint density at radius 2 is 1.33 bits per heavy atom. The topological polar surface area (TPSA) is 54.0 Å². The molecular formula is C25H30O5. The average Bonchev–Trinajstić information content (AvgIpc) is 2.75. The highest BCUT2D eigenvalue weighted by Crippen LogP contribution is 2.06. The Bertz CT molecular complexity index is 782. The number of benzene rings is 2. The molecule has 5 heteroatoms. The Morgan fingerprint density at radius 1 is 0.800 bits per heavy atom. The van der Waals surface area contributed by atoms with Crippen molar-refractivity contribution in [2.24, 2.45) is 0 Å². The molecule has 0 N–H and O–H groups in total. The molecule has 0 amide bonds. The Kier molecular flexibility index (Phi) is 11.0. The van der Waals surface area contributed by atoms with Crippen LogP contribution in [0.3, 0.4) is 0 Å². The van der Waals surface area contributed by atoms with E-state index in [4.69, 9.17) is 18.9 Å². The third-order valence-electron chi connectivity index (χ3n) is 3.87. The van der Waals surface area contributed by atoms with Crippen LogP contribution in [0.15, 0.2) is 84.7 Å². The van der Waals surface area contributed by atoms with Gasteiger partial charge in [0.2, 0.25) is 5.76 Å². The predicted molar refractivity (Wildman–Crippen MR) is 117 cm³/mol. The number of carbonyl (C=O) groups excluding carboxylic acids is 1. The second-order valence-corrected chi connectivity index (χ2v) is 6.81. The maximum absolute atomic E-state index is 12.2. The van der Waals surface area contributed by atoms with Crippen molar-refractivity contribution < 1.29 is 23.7 Å². The van der Waals surface area contributed by atoms with Crippen LogP contribution in [0.1, 0.15) is 25.0 Å². The third-order valence-corrected chi connectivity index (χ3v) is 3.87. The van der Waals surface area contributed by atoms with Gasteiger partial charge in [-0.2, -0.15) is 0 Å². The van der Waals surface area contributed by atoms with Crippen LogP contribution in [0.25, 0.3) is 0 Å². The van der Waals surface area contributed by atoms with Crippen LogP contribution < -0.4 is 0 Å². The van der Waals surface area contributed by atoms with Gasteiger partial charge in [-0.1, -0.05) is 66.7 Å². The number of hydrogen-bond acceptors (Lipinski definition) is 5. The highest BCUT2D eigenvalue weighted by atomic mass is 16.6. The van der Waals surface area contributed by atoms with Crippen molar-refractivity contribution >= 4 is 5.97 Å². The van der Waals surface area contributed by atoms with Gasteiger partial charge in [0.05, 0.1) is 32.5 Å². The maximum Gasteiger partial charge on any atom is 0.373 e. The standard InChI is InChI=1S/C25H30O5/c1-21(2)30-25(26)24(15-18-28-20-23-13-7-4-8-14-23)29-17-10-9-16-27-19-22-11-5-3-6-12-22/h3-15,21H,16-20H2,1-2H3/b10-9-,24-15+. The Morgan fingerprint density at radius 3 is 1.90 bits per heavy atom. The fraction of sp³-hybridized carbons (Fsp3) is 0.320. The normalized spacial score (nSPS) is 11.8. The van der Waals surface area contributed by atoms with E-state index < -0.39 is 5.97 Å². The first-order chi connectivity index (χ1) is 14.6. The van der Waals surface area contributed by atoms with E-state index in [0.717, 1.165) is 11.1 Å². The summed E-state index contributed by atoms with van der Waals surface area (Å²) in [6, 6.07) is 19.8. The van der Waals surface area contributed by atoms with E-state index in [1.165, 1.54) is 0 Å². The molecule has 0 aromatic heterocycles. The number of rotatable bonds is 13. The van der Waals surface area contributed by atoms with Crippen LogP contribution >= 0.6 is 0 Å². The van der Waals surface area contributed by atoms with E-state index in [-0.39, 0.29) is 25.1 Å². The van der Waals surface area contributed by atoms with Gasteiger partial charge in [0.15, 0.2) is 0 Å². The second-order valence-electron chi connectivity index (χ2n) is 6.81. The summed E-state index contributed by atoms with van der Waals surface area (Å²) in [5, 5.41) is 0. The first-order valence-electron chi connectivity index (χ1n) is 10.1.